The van der Waals surface area contributed by atoms with Crippen LogP contribution in [0.5, 0.6) is 5.75 Å². The van der Waals surface area contributed by atoms with Gasteiger partial charge in [0.05, 0.1) is 17.6 Å². The van der Waals surface area contributed by atoms with Crippen molar-refractivity contribution in [2.45, 2.75) is 19.4 Å². The Labute approximate surface area is 166 Å². The maximum Gasteiger partial charge on any atom is 0.261 e. The van der Waals surface area contributed by atoms with Crippen LogP contribution in [0.4, 0.5) is 14.5 Å². The number of nitrogens with zero attached hydrogens (tertiary/aromatic N) is 1. The summed E-state index contributed by atoms with van der Waals surface area (Å²) in [5, 5.41) is 2.48. The Bertz CT molecular complexity index is 1100. The van der Waals surface area contributed by atoms with Crippen LogP contribution in [0.15, 0.2) is 66.9 Å². The fraction of sp³-hybridized carbons (Fsp3) is 0.130. The van der Waals surface area contributed by atoms with Crippen molar-refractivity contribution in [1.29, 1.82) is 0 Å². The van der Waals surface area contributed by atoms with Gasteiger partial charge in [0, 0.05) is 11.1 Å². The van der Waals surface area contributed by atoms with Gasteiger partial charge in [-0.15, -0.1) is 0 Å². The highest BCUT2D eigenvalue weighted by Gasteiger charge is 2.27. The van der Waals surface area contributed by atoms with Gasteiger partial charge >= 0.3 is 0 Å². The quantitative estimate of drug-likeness (QED) is 0.665. The van der Waals surface area contributed by atoms with Crippen LogP contribution in [-0.2, 0) is 0 Å². The average molecular weight is 392 g/mol. The molecule has 4 rings (SSSR count). The Kier molecular flexibility index (Phi) is 4.62. The standard InChI is InChI=1S/C23H18F2N2O2/c1-23(2)12-16(15-6-3-4-9-20(15)29-23)19-11-10-14(13-26-19)27-22(28)21-17(24)7-5-8-18(21)25/h3-13H,1-2H3,(H,27,28). The minimum absolute atomic E-state index is 0.335. The molecule has 0 unspecified atom stereocenters. The first kappa shape index (κ1) is 18.8. The summed E-state index contributed by atoms with van der Waals surface area (Å²) in [4.78, 5) is 16.7. The fourth-order valence-electron chi connectivity index (χ4n) is 3.26. The monoisotopic (exact) mass is 392 g/mol. The Balaban J connectivity index is 1.62. The van der Waals surface area contributed by atoms with E-state index in [4.69, 9.17) is 4.74 Å². The highest BCUT2D eigenvalue weighted by Crippen LogP contribution is 2.38. The Morgan fingerprint density at radius 2 is 1.72 bits per heavy atom. The van der Waals surface area contributed by atoms with E-state index in [0.717, 1.165) is 29.0 Å². The summed E-state index contributed by atoms with van der Waals surface area (Å²) in [5.41, 5.74) is 1.74. The van der Waals surface area contributed by atoms with E-state index in [1.165, 1.54) is 12.3 Å². The van der Waals surface area contributed by atoms with E-state index < -0.39 is 28.7 Å². The van der Waals surface area contributed by atoms with Crippen LogP contribution in [0.3, 0.4) is 0 Å². The van der Waals surface area contributed by atoms with Crippen molar-refractivity contribution in [2.75, 3.05) is 5.32 Å². The molecule has 4 nitrogen and oxygen atoms in total. The van der Waals surface area contributed by atoms with E-state index in [0.29, 0.717) is 11.4 Å². The molecule has 0 saturated heterocycles. The number of halogens is 2. The summed E-state index contributed by atoms with van der Waals surface area (Å²) in [6.07, 6.45) is 3.45. The molecule has 1 N–H and O–H groups in total. The molecule has 3 aromatic rings. The molecule has 1 amide bonds. The molecule has 0 bridgehead atoms. The van der Waals surface area contributed by atoms with Gasteiger partial charge in [-0.3, -0.25) is 9.78 Å². The van der Waals surface area contributed by atoms with Gasteiger partial charge in [-0.1, -0.05) is 24.3 Å². The third kappa shape index (κ3) is 3.74. The summed E-state index contributed by atoms with van der Waals surface area (Å²) in [5.74, 6) is -1.94. The number of aromatic nitrogens is 1. The smallest absolute Gasteiger partial charge is 0.261 e. The van der Waals surface area contributed by atoms with Gasteiger partial charge in [0.1, 0.15) is 28.5 Å². The molecule has 1 aromatic heterocycles. The molecule has 6 heteroatoms. The summed E-state index contributed by atoms with van der Waals surface area (Å²) in [7, 11) is 0. The number of amides is 1. The molecule has 146 valence electrons. The number of hydrogen-bond acceptors (Lipinski definition) is 3. The zero-order valence-corrected chi connectivity index (χ0v) is 15.9. The van der Waals surface area contributed by atoms with E-state index in [1.807, 2.05) is 44.2 Å². The van der Waals surface area contributed by atoms with Crippen molar-refractivity contribution in [1.82, 2.24) is 4.98 Å². The molecular weight excluding hydrogens is 374 g/mol. The molecule has 2 heterocycles. The van der Waals surface area contributed by atoms with Crippen molar-refractivity contribution < 1.29 is 18.3 Å². The predicted octanol–water partition coefficient (Wildman–Crippen LogP) is 5.21. The van der Waals surface area contributed by atoms with Crippen LogP contribution in [-0.4, -0.2) is 16.5 Å². The second-order valence-electron chi connectivity index (χ2n) is 7.24. The minimum Gasteiger partial charge on any atom is -0.483 e. The number of fused-ring (bicyclic) bond motifs is 1. The lowest BCUT2D eigenvalue weighted by Gasteiger charge is -2.31. The molecule has 0 aliphatic carbocycles. The van der Waals surface area contributed by atoms with Crippen molar-refractivity contribution in [3.05, 3.63) is 95.3 Å². The molecule has 0 spiro atoms. The SMILES string of the molecule is CC1(C)C=C(c2ccc(NC(=O)c3c(F)cccc3F)cn2)c2ccccc2O1. The van der Waals surface area contributed by atoms with E-state index in [9.17, 15) is 13.6 Å². The van der Waals surface area contributed by atoms with E-state index in [2.05, 4.69) is 10.3 Å². The van der Waals surface area contributed by atoms with Gasteiger partial charge < -0.3 is 10.1 Å². The molecule has 0 fully saturated rings. The van der Waals surface area contributed by atoms with Gasteiger partial charge in [0.2, 0.25) is 0 Å². The largest absolute Gasteiger partial charge is 0.483 e. The predicted molar refractivity (Wildman–Crippen MR) is 107 cm³/mol. The normalized spacial score (nSPS) is 14.4. The number of carbonyl (C=O) groups excluding carboxylic acids is 1. The number of rotatable bonds is 3. The molecule has 0 atom stereocenters. The van der Waals surface area contributed by atoms with Crippen LogP contribution in [0.2, 0.25) is 0 Å². The van der Waals surface area contributed by atoms with Gasteiger partial charge in [-0.05, 0) is 50.3 Å². The van der Waals surface area contributed by atoms with Crippen molar-refractivity contribution in [3.8, 4) is 5.75 Å². The zero-order chi connectivity index (χ0) is 20.6. The van der Waals surface area contributed by atoms with Gasteiger partial charge in [0.15, 0.2) is 0 Å². The lowest BCUT2D eigenvalue weighted by atomic mass is 9.92. The van der Waals surface area contributed by atoms with Gasteiger partial charge in [-0.2, -0.15) is 0 Å². The maximum absolute atomic E-state index is 13.8. The number of benzene rings is 2. The molecule has 2 aromatic carbocycles. The molecular formula is C23H18F2N2O2. The fourth-order valence-corrected chi connectivity index (χ4v) is 3.26. The average Bonchev–Trinajstić information content (AvgIpc) is 2.67. The highest BCUT2D eigenvalue weighted by atomic mass is 19.1. The minimum atomic E-state index is -0.918. The van der Waals surface area contributed by atoms with Crippen molar-refractivity contribution >= 4 is 17.2 Å². The molecule has 1 aliphatic rings. The first-order valence-electron chi connectivity index (χ1n) is 9.07. The Morgan fingerprint density at radius 1 is 1.00 bits per heavy atom. The molecule has 29 heavy (non-hydrogen) atoms. The van der Waals surface area contributed by atoms with Crippen molar-refractivity contribution in [2.24, 2.45) is 0 Å². The van der Waals surface area contributed by atoms with E-state index in [-0.39, 0.29) is 0 Å². The van der Waals surface area contributed by atoms with Crippen LogP contribution in [0.25, 0.3) is 5.57 Å². The summed E-state index contributed by atoms with van der Waals surface area (Å²) in [6, 6.07) is 14.4. The third-order valence-corrected chi connectivity index (χ3v) is 4.53. The molecule has 1 aliphatic heterocycles. The van der Waals surface area contributed by atoms with E-state index in [1.54, 1.807) is 12.1 Å². The summed E-state index contributed by atoms with van der Waals surface area (Å²) in [6.45, 7) is 3.92. The lowest BCUT2D eigenvalue weighted by molar-refractivity contribution is 0.101. The van der Waals surface area contributed by atoms with Crippen LogP contribution < -0.4 is 10.1 Å². The molecule has 0 saturated carbocycles. The lowest BCUT2D eigenvalue weighted by Crippen LogP contribution is -2.29. The first-order chi connectivity index (χ1) is 13.8. The van der Waals surface area contributed by atoms with Gasteiger partial charge in [-0.25, -0.2) is 8.78 Å². The Hall–Kier alpha value is -3.54. The van der Waals surface area contributed by atoms with Crippen LogP contribution in [0, 0.1) is 11.6 Å². The van der Waals surface area contributed by atoms with Crippen molar-refractivity contribution in [3.63, 3.8) is 0 Å². The molecule has 0 radical (unpaired) electrons. The topological polar surface area (TPSA) is 51.2 Å². The van der Waals surface area contributed by atoms with Crippen LogP contribution in [0.1, 0.15) is 35.5 Å². The number of carbonyl (C=O) groups is 1. The number of nitrogens with one attached hydrogen (secondary N) is 1. The van der Waals surface area contributed by atoms with Crippen LogP contribution >= 0.6 is 0 Å². The van der Waals surface area contributed by atoms with E-state index >= 15 is 0 Å². The third-order valence-electron chi connectivity index (χ3n) is 4.53. The highest BCUT2D eigenvalue weighted by molar-refractivity contribution is 6.04. The number of para-hydroxylation sites is 1. The first-order valence-corrected chi connectivity index (χ1v) is 9.07. The number of anilines is 1. The second-order valence-corrected chi connectivity index (χ2v) is 7.24. The summed E-state index contributed by atoms with van der Waals surface area (Å²) >= 11 is 0. The zero-order valence-electron chi connectivity index (χ0n) is 15.9. The maximum atomic E-state index is 13.8. The number of ether oxygens (including phenoxy) is 1. The number of hydrogen-bond donors (Lipinski definition) is 1. The number of pyridine rings is 1. The summed E-state index contributed by atoms with van der Waals surface area (Å²) < 4.78 is 33.6. The second kappa shape index (κ2) is 7.13. The van der Waals surface area contributed by atoms with Gasteiger partial charge in [0.25, 0.3) is 5.91 Å². The Morgan fingerprint density at radius 3 is 2.41 bits per heavy atom.